The molecule has 5 nitrogen and oxygen atoms in total. The van der Waals surface area contributed by atoms with Gasteiger partial charge in [0.2, 0.25) is 0 Å². The Morgan fingerprint density at radius 2 is 2.17 bits per heavy atom. The molecule has 1 radical (unpaired) electrons. The summed E-state index contributed by atoms with van der Waals surface area (Å²) >= 11 is 5.60. The molecule has 30 heavy (non-hydrogen) atoms. The summed E-state index contributed by atoms with van der Waals surface area (Å²) in [6.07, 6.45) is 4.16. The summed E-state index contributed by atoms with van der Waals surface area (Å²) in [7, 11) is 0. The van der Waals surface area contributed by atoms with E-state index in [2.05, 4.69) is 26.0 Å². The minimum atomic E-state index is -0.750. The van der Waals surface area contributed by atoms with Gasteiger partial charge in [0.15, 0.2) is 0 Å². The molecule has 0 saturated carbocycles. The Balaban J connectivity index is 2.00. The SMILES string of the molecule is CCCCNC(=O)C1c2cc(Cl)ccc2OC(C(C)C)C(=O)N1CCC1=[CH][In][CH]=C1. The van der Waals surface area contributed by atoms with Crippen LogP contribution in [0.25, 0.3) is 0 Å². The van der Waals surface area contributed by atoms with E-state index in [1.165, 1.54) is 5.57 Å². The van der Waals surface area contributed by atoms with E-state index < -0.39 is 35.1 Å². The van der Waals surface area contributed by atoms with Gasteiger partial charge in [-0.2, -0.15) is 0 Å². The number of hydrogen-bond donors (Lipinski definition) is 1. The van der Waals surface area contributed by atoms with E-state index in [-0.39, 0.29) is 17.7 Å². The molecule has 2 heterocycles. The number of hydrogen-bond acceptors (Lipinski definition) is 3. The number of carbonyl (C=O) groups is 2. The second-order valence-electron chi connectivity index (χ2n) is 8.09. The first-order valence-corrected chi connectivity index (χ1v) is 14.9. The number of nitrogens with zero attached hydrogens (tertiary/aromatic N) is 1. The van der Waals surface area contributed by atoms with Crippen molar-refractivity contribution in [3.8, 4) is 5.75 Å². The van der Waals surface area contributed by atoms with Crippen LogP contribution in [0.15, 0.2) is 37.5 Å². The molecule has 2 atom stereocenters. The van der Waals surface area contributed by atoms with Gasteiger partial charge in [0.25, 0.3) is 0 Å². The molecule has 0 spiro atoms. The third kappa shape index (κ3) is 5.44. The fourth-order valence-electron chi connectivity index (χ4n) is 3.74. The number of unbranched alkanes of at least 4 members (excludes halogenated alkanes) is 1. The molecule has 159 valence electrons. The molecule has 0 aliphatic carbocycles. The van der Waals surface area contributed by atoms with Crippen LogP contribution in [0.1, 0.15) is 51.6 Å². The Bertz CT molecular complexity index is 853. The van der Waals surface area contributed by atoms with Gasteiger partial charge in [-0.1, -0.05) is 0 Å². The maximum atomic E-state index is 13.6. The van der Waals surface area contributed by atoms with Gasteiger partial charge < -0.3 is 0 Å². The predicted molar refractivity (Wildman–Crippen MR) is 121 cm³/mol. The number of nitrogens with one attached hydrogen (secondary N) is 1. The zero-order valence-electron chi connectivity index (χ0n) is 17.9. The summed E-state index contributed by atoms with van der Waals surface area (Å²) in [5.41, 5.74) is 1.92. The monoisotopic (exact) mass is 531 g/mol. The summed E-state index contributed by atoms with van der Waals surface area (Å²) < 4.78 is 10.8. The molecule has 0 fully saturated rings. The number of allylic oxidation sites excluding steroid dienone is 1. The van der Waals surface area contributed by atoms with Gasteiger partial charge in [-0.25, -0.2) is 0 Å². The Morgan fingerprint density at radius 1 is 1.37 bits per heavy atom. The Hall–Kier alpha value is -1.40. The van der Waals surface area contributed by atoms with Crippen LogP contribution in [0.2, 0.25) is 5.02 Å². The van der Waals surface area contributed by atoms with Crippen molar-refractivity contribution in [2.24, 2.45) is 5.92 Å². The van der Waals surface area contributed by atoms with Gasteiger partial charge in [-0.3, -0.25) is 0 Å². The molecular formula is C23H29ClInN2O3. The number of fused-ring (bicyclic) bond motifs is 1. The average molecular weight is 532 g/mol. The summed E-state index contributed by atoms with van der Waals surface area (Å²) in [6, 6.07) is 4.52. The van der Waals surface area contributed by atoms with Crippen LogP contribution in [0.3, 0.4) is 0 Å². The molecule has 2 aliphatic rings. The fraction of sp³-hybridized carbons (Fsp3) is 0.478. The number of amides is 2. The van der Waals surface area contributed by atoms with Crippen LogP contribution >= 0.6 is 11.6 Å². The summed E-state index contributed by atoms with van der Waals surface area (Å²) in [4.78, 5) is 28.6. The van der Waals surface area contributed by atoms with Gasteiger partial charge in [-0.05, 0) is 0 Å². The second-order valence-corrected chi connectivity index (χ2v) is 11.7. The fourth-order valence-corrected chi connectivity index (χ4v) is 6.76. The van der Waals surface area contributed by atoms with Crippen molar-refractivity contribution in [2.45, 2.75) is 52.2 Å². The van der Waals surface area contributed by atoms with Crippen molar-refractivity contribution in [3.63, 3.8) is 0 Å². The number of carbonyl (C=O) groups excluding carboxylic acids is 2. The number of rotatable bonds is 8. The van der Waals surface area contributed by atoms with E-state index in [1.807, 2.05) is 13.8 Å². The van der Waals surface area contributed by atoms with Crippen molar-refractivity contribution >= 4 is 46.3 Å². The predicted octanol–water partition coefficient (Wildman–Crippen LogP) is 4.05. The maximum absolute atomic E-state index is 13.6. The van der Waals surface area contributed by atoms with E-state index in [0.717, 1.165) is 19.3 Å². The molecule has 0 saturated heterocycles. The van der Waals surface area contributed by atoms with Crippen molar-refractivity contribution in [1.29, 1.82) is 0 Å². The summed E-state index contributed by atoms with van der Waals surface area (Å²) in [6.45, 7) is 7.07. The van der Waals surface area contributed by atoms with Crippen molar-refractivity contribution in [3.05, 3.63) is 48.1 Å². The topological polar surface area (TPSA) is 58.6 Å². The van der Waals surface area contributed by atoms with E-state index in [4.69, 9.17) is 16.3 Å². The minimum absolute atomic E-state index is 0.0221. The number of benzene rings is 1. The van der Waals surface area contributed by atoms with E-state index in [9.17, 15) is 9.59 Å². The third-order valence-corrected chi connectivity index (χ3v) is 8.60. The van der Waals surface area contributed by atoms with E-state index >= 15 is 0 Å². The summed E-state index contributed by atoms with van der Waals surface area (Å²) in [5, 5.41) is 3.54. The van der Waals surface area contributed by atoms with Gasteiger partial charge in [0.05, 0.1) is 0 Å². The average Bonchev–Trinajstić information content (AvgIpc) is 3.19. The zero-order valence-corrected chi connectivity index (χ0v) is 21.9. The second kappa shape index (κ2) is 10.8. The Morgan fingerprint density at radius 3 is 2.83 bits per heavy atom. The molecule has 3 rings (SSSR count). The molecular weight excluding hydrogens is 503 g/mol. The molecule has 1 N–H and O–H groups in total. The van der Waals surface area contributed by atoms with Gasteiger partial charge >= 0.3 is 196 Å². The van der Waals surface area contributed by atoms with Gasteiger partial charge in [0.1, 0.15) is 0 Å². The van der Waals surface area contributed by atoms with Crippen LogP contribution in [-0.4, -0.2) is 58.8 Å². The van der Waals surface area contributed by atoms with Crippen LogP contribution in [-0.2, 0) is 9.59 Å². The first-order valence-electron chi connectivity index (χ1n) is 10.7. The molecule has 7 heteroatoms. The van der Waals surface area contributed by atoms with Crippen LogP contribution < -0.4 is 10.1 Å². The van der Waals surface area contributed by atoms with E-state index in [0.29, 0.717) is 29.4 Å². The first kappa shape index (κ1) is 23.3. The normalized spacial score (nSPS) is 20.4. The number of ether oxygens (including phenoxy) is 1. The van der Waals surface area contributed by atoms with Gasteiger partial charge in [-0.15, -0.1) is 0 Å². The van der Waals surface area contributed by atoms with Crippen LogP contribution in [0.5, 0.6) is 5.75 Å². The van der Waals surface area contributed by atoms with Gasteiger partial charge in [0, 0.05) is 0 Å². The molecule has 1 aromatic rings. The zero-order chi connectivity index (χ0) is 21.7. The third-order valence-electron chi connectivity index (χ3n) is 5.42. The van der Waals surface area contributed by atoms with E-state index in [1.54, 1.807) is 23.1 Å². The van der Waals surface area contributed by atoms with Crippen molar-refractivity contribution in [1.82, 2.24) is 10.2 Å². The molecule has 2 amide bonds. The van der Waals surface area contributed by atoms with Crippen molar-refractivity contribution < 1.29 is 14.3 Å². The Kier molecular flexibility index (Phi) is 8.35. The molecule has 0 bridgehead atoms. The quantitative estimate of drug-likeness (QED) is 0.515. The molecule has 0 aromatic heterocycles. The van der Waals surface area contributed by atoms with Crippen LogP contribution in [0.4, 0.5) is 0 Å². The van der Waals surface area contributed by atoms with Crippen molar-refractivity contribution in [2.75, 3.05) is 13.1 Å². The number of halogens is 1. The Labute approximate surface area is 195 Å². The summed E-state index contributed by atoms with van der Waals surface area (Å²) in [5.74, 6) is 0.213. The standard InChI is InChI=1S/C23H29ClN2O3.In/c1-6-8-12-25-22(27)20-18-14-17(24)9-10-19(18)29-21(15(3)4)23(28)26(20)13-11-16(5)7-2;/h2,5,7,9-10,14-15,20-21H,6,8,11-13H2,1,3-4H3,(H,25,27);. The first-order chi connectivity index (χ1) is 14.4. The molecule has 2 unspecified atom stereocenters. The molecule has 1 aromatic carbocycles. The van der Waals surface area contributed by atoms with Crippen LogP contribution in [0, 0.1) is 5.92 Å². The molecule has 2 aliphatic heterocycles.